The number of nitrogens with one attached hydrogen (secondary N) is 3. The summed E-state index contributed by atoms with van der Waals surface area (Å²) in [4.78, 5) is 12.1. The van der Waals surface area contributed by atoms with E-state index in [0.717, 1.165) is 5.69 Å². The van der Waals surface area contributed by atoms with Crippen LogP contribution in [0.2, 0.25) is 0 Å². The standard InChI is InChI=1S/C18H19N3O4S/c1-12(25-14-5-3-2-4-6-14)17(22)20-21-18(26)19-13-7-8-15-16(11-13)24-10-9-23-15/h2-8,11-12H,9-10H2,1H3,(H,20,22)(H2,19,21,26)/t12-/m1/s1. The summed E-state index contributed by atoms with van der Waals surface area (Å²) >= 11 is 5.18. The first-order chi connectivity index (χ1) is 12.6. The second-order valence-electron chi connectivity index (χ2n) is 5.50. The second-order valence-corrected chi connectivity index (χ2v) is 5.91. The molecule has 7 nitrogen and oxygen atoms in total. The van der Waals surface area contributed by atoms with E-state index < -0.39 is 6.10 Å². The first-order valence-corrected chi connectivity index (χ1v) is 8.51. The van der Waals surface area contributed by atoms with Gasteiger partial charge in [0.15, 0.2) is 22.7 Å². The van der Waals surface area contributed by atoms with Gasteiger partial charge in [-0.15, -0.1) is 0 Å². The van der Waals surface area contributed by atoms with E-state index >= 15 is 0 Å². The zero-order chi connectivity index (χ0) is 18.4. The number of para-hydroxylation sites is 1. The van der Waals surface area contributed by atoms with Crippen molar-refractivity contribution in [3.63, 3.8) is 0 Å². The van der Waals surface area contributed by atoms with Crippen molar-refractivity contribution in [3.8, 4) is 17.2 Å². The lowest BCUT2D eigenvalue weighted by Gasteiger charge is -2.20. The molecular weight excluding hydrogens is 354 g/mol. The number of ether oxygens (including phenoxy) is 3. The molecule has 0 bridgehead atoms. The van der Waals surface area contributed by atoms with E-state index in [0.29, 0.717) is 30.5 Å². The molecule has 26 heavy (non-hydrogen) atoms. The second kappa shape index (κ2) is 8.39. The molecular formula is C18H19N3O4S. The third-order valence-electron chi connectivity index (χ3n) is 3.52. The Labute approximate surface area is 156 Å². The van der Waals surface area contributed by atoms with Crippen molar-refractivity contribution in [3.05, 3.63) is 48.5 Å². The molecule has 1 aliphatic rings. The molecule has 0 radical (unpaired) electrons. The predicted molar refractivity (Wildman–Crippen MR) is 101 cm³/mol. The van der Waals surface area contributed by atoms with Gasteiger partial charge in [0.05, 0.1) is 0 Å². The molecule has 0 aliphatic carbocycles. The maximum Gasteiger partial charge on any atom is 0.279 e. The molecule has 3 rings (SSSR count). The van der Waals surface area contributed by atoms with Crippen LogP contribution >= 0.6 is 12.2 Å². The summed E-state index contributed by atoms with van der Waals surface area (Å²) in [6.45, 7) is 2.70. The zero-order valence-electron chi connectivity index (χ0n) is 14.2. The highest BCUT2D eigenvalue weighted by Crippen LogP contribution is 2.32. The molecule has 0 aromatic heterocycles. The van der Waals surface area contributed by atoms with E-state index in [-0.39, 0.29) is 11.0 Å². The normalized spacial score (nSPS) is 13.3. The van der Waals surface area contributed by atoms with Gasteiger partial charge in [-0.05, 0) is 43.4 Å². The summed E-state index contributed by atoms with van der Waals surface area (Å²) in [7, 11) is 0. The average Bonchev–Trinajstić information content (AvgIpc) is 2.66. The van der Waals surface area contributed by atoms with Crippen LogP contribution in [0.5, 0.6) is 17.2 Å². The van der Waals surface area contributed by atoms with Crippen molar-refractivity contribution in [2.45, 2.75) is 13.0 Å². The largest absolute Gasteiger partial charge is 0.486 e. The van der Waals surface area contributed by atoms with Crippen molar-refractivity contribution >= 4 is 28.9 Å². The van der Waals surface area contributed by atoms with Gasteiger partial charge in [0.2, 0.25) is 0 Å². The minimum Gasteiger partial charge on any atom is -0.486 e. The van der Waals surface area contributed by atoms with Crippen molar-refractivity contribution < 1.29 is 19.0 Å². The molecule has 0 saturated heterocycles. The molecule has 2 aromatic rings. The van der Waals surface area contributed by atoms with Crippen LogP contribution in [-0.2, 0) is 4.79 Å². The van der Waals surface area contributed by atoms with Crippen molar-refractivity contribution in [1.82, 2.24) is 10.9 Å². The lowest BCUT2D eigenvalue weighted by molar-refractivity contribution is -0.127. The molecule has 1 atom stereocenters. The van der Waals surface area contributed by atoms with Crippen LogP contribution in [0.25, 0.3) is 0 Å². The summed E-state index contributed by atoms with van der Waals surface area (Å²) < 4.78 is 16.5. The molecule has 0 spiro atoms. The van der Waals surface area contributed by atoms with Crippen molar-refractivity contribution in [2.24, 2.45) is 0 Å². The maximum absolute atomic E-state index is 12.1. The summed E-state index contributed by atoms with van der Waals surface area (Å²) in [6.07, 6.45) is -0.679. The van der Waals surface area contributed by atoms with Crippen molar-refractivity contribution in [1.29, 1.82) is 0 Å². The van der Waals surface area contributed by atoms with Gasteiger partial charge in [0.25, 0.3) is 5.91 Å². The van der Waals surface area contributed by atoms with Crippen LogP contribution in [0.1, 0.15) is 6.92 Å². The highest BCUT2D eigenvalue weighted by Gasteiger charge is 2.15. The highest BCUT2D eigenvalue weighted by atomic mass is 32.1. The Morgan fingerprint density at radius 2 is 1.81 bits per heavy atom. The van der Waals surface area contributed by atoms with E-state index in [4.69, 9.17) is 26.4 Å². The van der Waals surface area contributed by atoms with Gasteiger partial charge in [-0.25, -0.2) is 0 Å². The van der Waals surface area contributed by atoms with Gasteiger partial charge in [0.1, 0.15) is 19.0 Å². The molecule has 3 N–H and O–H groups in total. The monoisotopic (exact) mass is 373 g/mol. The molecule has 0 saturated carbocycles. The average molecular weight is 373 g/mol. The lowest BCUT2D eigenvalue weighted by Crippen LogP contribution is -2.48. The van der Waals surface area contributed by atoms with Gasteiger partial charge in [-0.1, -0.05) is 18.2 Å². The Hall–Kier alpha value is -3.00. The number of thiocarbonyl (C=S) groups is 1. The SMILES string of the molecule is C[C@@H](Oc1ccccc1)C(=O)NNC(=S)Nc1ccc2c(c1)OCCO2. The third kappa shape index (κ3) is 4.76. The quantitative estimate of drug-likeness (QED) is 0.560. The molecule has 1 aliphatic heterocycles. The predicted octanol–water partition coefficient (Wildman–Crippen LogP) is 2.24. The fourth-order valence-corrected chi connectivity index (χ4v) is 2.43. The van der Waals surface area contributed by atoms with Gasteiger partial charge >= 0.3 is 0 Å². The fourth-order valence-electron chi connectivity index (χ4n) is 2.26. The van der Waals surface area contributed by atoms with Gasteiger partial charge < -0.3 is 19.5 Å². The lowest BCUT2D eigenvalue weighted by atomic mass is 10.2. The summed E-state index contributed by atoms with van der Waals surface area (Å²) in [5.41, 5.74) is 5.88. The van der Waals surface area contributed by atoms with Crippen LogP contribution in [-0.4, -0.2) is 30.3 Å². The number of carbonyl (C=O) groups excluding carboxylic acids is 1. The smallest absolute Gasteiger partial charge is 0.279 e. The third-order valence-corrected chi connectivity index (χ3v) is 3.73. The zero-order valence-corrected chi connectivity index (χ0v) is 15.0. The minimum atomic E-state index is -0.679. The van der Waals surface area contributed by atoms with Crippen LogP contribution in [0.3, 0.4) is 0 Å². The van der Waals surface area contributed by atoms with Gasteiger partial charge in [-0.3, -0.25) is 15.6 Å². The van der Waals surface area contributed by atoms with Crippen molar-refractivity contribution in [2.75, 3.05) is 18.5 Å². The number of rotatable bonds is 4. The van der Waals surface area contributed by atoms with Crippen LogP contribution < -0.4 is 30.4 Å². The van der Waals surface area contributed by atoms with E-state index in [9.17, 15) is 4.79 Å². The Morgan fingerprint density at radius 3 is 2.58 bits per heavy atom. The maximum atomic E-state index is 12.1. The number of hydrogen-bond acceptors (Lipinski definition) is 5. The van der Waals surface area contributed by atoms with E-state index in [1.165, 1.54) is 0 Å². The molecule has 8 heteroatoms. The molecule has 1 heterocycles. The van der Waals surface area contributed by atoms with Crippen LogP contribution in [0, 0.1) is 0 Å². The topological polar surface area (TPSA) is 80.9 Å². The first kappa shape index (κ1) is 17.8. The van der Waals surface area contributed by atoms with E-state index in [1.54, 1.807) is 31.2 Å². The van der Waals surface area contributed by atoms with E-state index in [1.807, 2.05) is 24.3 Å². The summed E-state index contributed by atoms with van der Waals surface area (Å²) in [5, 5.41) is 3.20. The molecule has 1 amide bonds. The Balaban J connectivity index is 1.47. The Morgan fingerprint density at radius 1 is 1.08 bits per heavy atom. The van der Waals surface area contributed by atoms with Gasteiger partial charge in [-0.2, -0.15) is 0 Å². The number of carbonyl (C=O) groups is 1. The van der Waals surface area contributed by atoms with E-state index in [2.05, 4.69) is 16.2 Å². The first-order valence-electron chi connectivity index (χ1n) is 8.10. The van der Waals surface area contributed by atoms with Gasteiger partial charge in [0, 0.05) is 11.8 Å². The molecule has 0 unspecified atom stereocenters. The Bertz CT molecular complexity index is 785. The minimum absolute atomic E-state index is 0.238. The number of fused-ring (bicyclic) bond motifs is 1. The number of benzene rings is 2. The molecule has 2 aromatic carbocycles. The number of hydrazine groups is 1. The highest BCUT2D eigenvalue weighted by molar-refractivity contribution is 7.80. The molecule has 0 fully saturated rings. The van der Waals surface area contributed by atoms with Crippen LogP contribution in [0.4, 0.5) is 5.69 Å². The fraction of sp³-hybridized carbons (Fsp3) is 0.222. The number of hydrogen-bond donors (Lipinski definition) is 3. The van der Waals surface area contributed by atoms with Crippen LogP contribution in [0.15, 0.2) is 48.5 Å². The summed E-state index contributed by atoms with van der Waals surface area (Å²) in [5.74, 6) is 1.62. The number of anilines is 1. The molecule has 136 valence electrons. The Kier molecular flexibility index (Phi) is 5.75. The number of amides is 1. The summed E-state index contributed by atoms with van der Waals surface area (Å²) in [6, 6.07) is 14.5.